The Morgan fingerprint density at radius 1 is 1.17 bits per heavy atom. The van der Waals surface area contributed by atoms with E-state index in [-0.39, 0.29) is 18.1 Å². The number of urea groups is 1. The number of nitrogen functional groups attached to an aromatic ring is 1. The van der Waals surface area contributed by atoms with Gasteiger partial charge in [-0.25, -0.2) is 14.8 Å². The molecular weight excluding hydrogens is 292 g/mol. The highest BCUT2D eigenvalue weighted by molar-refractivity contribution is 5.90. The zero-order chi connectivity index (χ0) is 15.8. The van der Waals surface area contributed by atoms with Crippen LogP contribution in [-0.2, 0) is 0 Å². The average molecular weight is 310 g/mol. The fraction of sp³-hybridized carbons (Fsp3) is 0.312. The van der Waals surface area contributed by atoms with Crippen molar-refractivity contribution in [2.24, 2.45) is 0 Å². The SMILES string of the molecule is Nc1cccc(NC(=O)N2C[C@@H]3C[C@H]2CN3c2ncccn2)c1. The molecule has 0 unspecified atom stereocenters. The monoisotopic (exact) mass is 310 g/mol. The minimum Gasteiger partial charge on any atom is -0.399 e. The van der Waals surface area contributed by atoms with Crippen LogP contribution in [0, 0.1) is 0 Å². The van der Waals surface area contributed by atoms with Gasteiger partial charge in [-0.3, -0.25) is 0 Å². The number of nitrogens with zero attached hydrogens (tertiary/aromatic N) is 4. The number of nitrogens with one attached hydrogen (secondary N) is 1. The molecule has 0 radical (unpaired) electrons. The van der Waals surface area contributed by atoms with E-state index in [1.807, 2.05) is 23.1 Å². The summed E-state index contributed by atoms with van der Waals surface area (Å²) in [4.78, 5) is 25.2. The molecule has 0 saturated carbocycles. The van der Waals surface area contributed by atoms with Gasteiger partial charge in [0.15, 0.2) is 0 Å². The Morgan fingerprint density at radius 3 is 2.70 bits per heavy atom. The number of benzene rings is 1. The molecule has 1 aromatic heterocycles. The number of fused-ring (bicyclic) bond motifs is 2. The van der Waals surface area contributed by atoms with Gasteiger partial charge in [0.05, 0.1) is 12.1 Å². The molecule has 118 valence electrons. The van der Waals surface area contributed by atoms with Crippen molar-refractivity contribution in [3.05, 3.63) is 42.7 Å². The van der Waals surface area contributed by atoms with Crippen molar-refractivity contribution < 1.29 is 4.79 Å². The number of piperazine rings is 1. The van der Waals surface area contributed by atoms with Gasteiger partial charge in [-0.2, -0.15) is 0 Å². The van der Waals surface area contributed by atoms with Gasteiger partial charge < -0.3 is 20.9 Å². The molecule has 2 amide bonds. The predicted molar refractivity (Wildman–Crippen MR) is 88.2 cm³/mol. The summed E-state index contributed by atoms with van der Waals surface area (Å²) in [5.41, 5.74) is 7.11. The molecule has 2 aromatic rings. The number of carbonyl (C=O) groups is 1. The van der Waals surface area contributed by atoms with Crippen molar-refractivity contribution in [3.63, 3.8) is 0 Å². The van der Waals surface area contributed by atoms with Crippen molar-refractivity contribution in [2.75, 3.05) is 29.0 Å². The van der Waals surface area contributed by atoms with Gasteiger partial charge in [0.1, 0.15) is 0 Å². The molecular formula is C16H18N6O. The molecule has 0 spiro atoms. The standard InChI is InChI=1S/C16H18N6O/c17-11-3-1-4-12(7-11)20-16(23)22-10-13-8-14(22)9-21(13)15-18-5-2-6-19-15/h1-7,13-14H,8-10,17H2,(H,20,23)/t13-,14-/m0/s1. The Balaban J connectivity index is 1.43. The maximum atomic E-state index is 12.5. The molecule has 2 aliphatic rings. The molecule has 7 nitrogen and oxygen atoms in total. The Bertz CT molecular complexity index is 722. The fourth-order valence-corrected chi connectivity index (χ4v) is 3.41. The number of likely N-dealkylation sites (tertiary alicyclic amines) is 1. The molecule has 2 atom stereocenters. The highest BCUT2D eigenvalue weighted by Gasteiger charge is 2.46. The highest BCUT2D eigenvalue weighted by atomic mass is 16.2. The van der Waals surface area contributed by atoms with Gasteiger partial charge in [0, 0.05) is 36.9 Å². The molecule has 2 saturated heterocycles. The van der Waals surface area contributed by atoms with E-state index in [1.165, 1.54) is 0 Å². The van der Waals surface area contributed by atoms with Crippen LogP contribution < -0.4 is 16.0 Å². The number of anilines is 3. The first-order valence-electron chi connectivity index (χ1n) is 7.67. The molecule has 2 fully saturated rings. The van der Waals surface area contributed by atoms with Crippen LogP contribution in [0.4, 0.5) is 22.1 Å². The zero-order valence-corrected chi connectivity index (χ0v) is 12.6. The van der Waals surface area contributed by atoms with Crippen LogP contribution in [0.3, 0.4) is 0 Å². The van der Waals surface area contributed by atoms with Crippen molar-refractivity contribution in [3.8, 4) is 0 Å². The third-order valence-electron chi connectivity index (χ3n) is 4.45. The van der Waals surface area contributed by atoms with E-state index >= 15 is 0 Å². The lowest BCUT2D eigenvalue weighted by atomic mass is 10.2. The van der Waals surface area contributed by atoms with Gasteiger partial charge in [0.2, 0.25) is 5.95 Å². The maximum Gasteiger partial charge on any atom is 0.322 e. The fourth-order valence-electron chi connectivity index (χ4n) is 3.41. The molecule has 2 aliphatic heterocycles. The van der Waals surface area contributed by atoms with E-state index in [9.17, 15) is 4.79 Å². The predicted octanol–water partition coefficient (Wildman–Crippen LogP) is 1.55. The molecule has 23 heavy (non-hydrogen) atoms. The van der Waals surface area contributed by atoms with Crippen LogP contribution in [0.25, 0.3) is 0 Å². The van der Waals surface area contributed by atoms with E-state index in [1.54, 1.807) is 24.5 Å². The Morgan fingerprint density at radius 2 is 2.00 bits per heavy atom. The zero-order valence-electron chi connectivity index (χ0n) is 12.6. The summed E-state index contributed by atoms with van der Waals surface area (Å²) in [7, 11) is 0. The van der Waals surface area contributed by atoms with Crippen LogP contribution in [0.5, 0.6) is 0 Å². The van der Waals surface area contributed by atoms with E-state index in [2.05, 4.69) is 20.2 Å². The van der Waals surface area contributed by atoms with E-state index in [4.69, 9.17) is 5.73 Å². The Kier molecular flexibility index (Phi) is 3.25. The van der Waals surface area contributed by atoms with Crippen LogP contribution in [0.1, 0.15) is 6.42 Å². The number of aromatic nitrogens is 2. The third-order valence-corrected chi connectivity index (χ3v) is 4.45. The number of nitrogens with two attached hydrogens (primary N) is 1. The minimum absolute atomic E-state index is 0.0725. The average Bonchev–Trinajstić information content (AvgIpc) is 3.16. The lowest BCUT2D eigenvalue weighted by molar-refractivity contribution is 0.202. The molecule has 1 aromatic carbocycles. The lowest BCUT2D eigenvalue weighted by Gasteiger charge is -2.34. The molecule has 4 rings (SSSR count). The lowest BCUT2D eigenvalue weighted by Crippen LogP contribution is -2.50. The smallest absolute Gasteiger partial charge is 0.322 e. The van der Waals surface area contributed by atoms with Crippen LogP contribution in [0.15, 0.2) is 42.7 Å². The summed E-state index contributed by atoms with van der Waals surface area (Å²) in [5, 5.41) is 2.92. The van der Waals surface area contributed by atoms with E-state index in [0.717, 1.165) is 24.6 Å². The number of hydrogen-bond donors (Lipinski definition) is 2. The van der Waals surface area contributed by atoms with E-state index < -0.39 is 0 Å². The molecule has 3 N–H and O–H groups in total. The second-order valence-corrected chi connectivity index (χ2v) is 5.95. The minimum atomic E-state index is -0.0725. The van der Waals surface area contributed by atoms with Crippen molar-refractivity contribution in [1.82, 2.24) is 14.9 Å². The summed E-state index contributed by atoms with van der Waals surface area (Å²) >= 11 is 0. The topological polar surface area (TPSA) is 87.4 Å². The Hall–Kier alpha value is -2.83. The first-order chi connectivity index (χ1) is 11.2. The van der Waals surface area contributed by atoms with Crippen molar-refractivity contribution in [2.45, 2.75) is 18.5 Å². The quantitative estimate of drug-likeness (QED) is 0.822. The maximum absolute atomic E-state index is 12.5. The van der Waals surface area contributed by atoms with Gasteiger partial charge >= 0.3 is 6.03 Å². The van der Waals surface area contributed by atoms with Crippen LogP contribution in [-0.4, -0.2) is 46.1 Å². The molecule has 3 heterocycles. The normalized spacial score (nSPS) is 22.4. The van der Waals surface area contributed by atoms with Gasteiger partial charge in [-0.15, -0.1) is 0 Å². The van der Waals surface area contributed by atoms with Crippen LogP contribution in [0.2, 0.25) is 0 Å². The highest BCUT2D eigenvalue weighted by Crippen LogP contribution is 2.33. The van der Waals surface area contributed by atoms with Crippen LogP contribution >= 0.6 is 0 Å². The first kappa shape index (κ1) is 13.8. The molecule has 2 bridgehead atoms. The van der Waals surface area contributed by atoms with Crippen molar-refractivity contribution in [1.29, 1.82) is 0 Å². The number of carbonyl (C=O) groups excluding carboxylic acids is 1. The Labute approximate surface area is 134 Å². The second-order valence-electron chi connectivity index (χ2n) is 5.95. The summed E-state index contributed by atoms with van der Waals surface area (Å²) < 4.78 is 0. The number of rotatable bonds is 2. The summed E-state index contributed by atoms with van der Waals surface area (Å²) in [5.74, 6) is 0.746. The molecule has 0 aliphatic carbocycles. The second kappa shape index (κ2) is 5.42. The molecule has 7 heteroatoms. The largest absolute Gasteiger partial charge is 0.399 e. The third kappa shape index (κ3) is 2.54. The summed E-state index contributed by atoms with van der Waals surface area (Å²) in [6, 6.07) is 9.45. The number of hydrogen-bond acceptors (Lipinski definition) is 5. The summed E-state index contributed by atoms with van der Waals surface area (Å²) in [6.45, 7) is 1.47. The van der Waals surface area contributed by atoms with Gasteiger partial charge in [-0.05, 0) is 30.7 Å². The number of amides is 2. The van der Waals surface area contributed by atoms with Gasteiger partial charge in [-0.1, -0.05) is 6.07 Å². The first-order valence-corrected chi connectivity index (χ1v) is 7.67. The summed E-state index contributed by atoms with van der Waals surface area (Å²) in [6.07, 6.45) is 4.46. The van der Waals surface area contributed by atoms with Gasteiger partial charge in [0.25, 0.3) is 0 Å². The van der Waals surface area contributed by atoms with Crippen molar-refractivity contribution >= 4 is 23.4 Å². The van der Waals surface area contributed by atoms with E-state index in [0.29, 0.717) is 12.2 Å².